The molecule has 21 heavy (non-hydrogen) atoms. The van der Waals surface area contributed by atoms with E-state index >= 15 is 0 Å². The van der Waals surface area contributed by atoms with E-state index in [1.165, 1.54) is 5.56 Å². The smallest absolute Gasteiger partial charge is 0.138 e. The SMILES string of the molecule is CCC(N)Cc1ccc(OC2CCCC(OC)C2)c(Cl)c1. The van der Waals surface area contributed by atoms with Gasteiger partial charge in [-0.2, -0.15) is 0 Å². The van der Waals surface area contributed by atoms with Gasteiger partial charge in [0, 0.05) is 19.6 Å². The standard InChI is InChI=1S/C17H26ClNO2/c1-3-13(19)9-12-7-8-17(16(18)10-12)21-15-6-4-5-14(11-15)20-2/h7-8,10,13-15H,3-6,9,11,19H2,1-2H3. The number of ether oxygens (including phenoxy) is 2. The zero-order chi connectivity index (χ0) is 15.2. The lowest BCUT2D eigenvalue weighted by molar-refractivity contribution is 0.0210. The molecule has 0 heterocycles. The van der Waals surface area contributed by atoms with Crippen LogP contribution < -0.4 is 10.5 Å². The van der Waals surface area contributed by atoms with Crippen LogP contribution in [0.15, 0.2) is 18.2 Å². The number of halogens is 1. The van der Waals surface area contributed by atoms with Gasteiger partial charge in [-0.3, -0.25) is 0 Å². The Morgan fingerprint density at radius 1 is 1.33 bits per heavy atom. The molecule has 0 aliphatic heterocycles. The van der Waals surface area contributed by atoms with Crippen molar-refractivity contribution in [3.8, 4) is 5.75 Å². The molecule has 2 N–H and O–H groups in total. The summed E-state index contributed by atoms with van der Waals surface area (Å²) in [5.41, 5.74) is 7.15. The van der Waals surface area contributed by atoms with E-state index in [1.54, 1.807) is 7.11 Å². The van der Waals surface area contributed by atoms with E-state index in [-0.39, 0.29) is 12.1 Å². The van der Waals surface area contributed by atoms with Crippen molar-refractivity contribution < 1.29 is 9.47 Å². The minimum atomic E-state index is 0.189. The predicted molar refractivity (Wildman–Crippen MR) is 87.1 cm³/mol. The first kappa shape index (κ1) is 16.6. The van der Waals surface area contributed by atoms with Crippen LogP contribution >= 0.6 is 11.6 Å². The second-order valence-corrected chi connectivity index (χ2v) is 6.31. The third-order valence-electron chi connectivity index (χ3n) is 4.22. The van der Waals surface area contributed by atoms with Crippen LogP contribution in [-0.2, 0) is 11.2 Å². The van der Waals surface area contributed by atoms with E-state index in [4.69, 9.17) is 26.8 Å². The fourth-order valence-electron chi connectivity index (χ4n) is 2.82. The Kier molecular flexibility index (Phi) is 6.34. The summed E-state index contributed by atoms with van der Waals surface area (Å²) in [7, 11) is 1.77. The summed E-state index contributed by atoms with van der Waals surface area (Å²) in [4.78, 5) is 0. The number of hydrogen-bond acceptors (Lipinski definition) is 3. The summed E-state index contributed by atoms with van der Waals surface area (Å²) < 4.78 is 11.5. The molecule has 3 atom stereocenters. The van der Waals surface area contributed by atoms with Gasteiger partial charge in [0.05, 0.1) is 11.1 Å². The topological polar surface area (TPSA) is 44.5 Å². The quantitative estimate of drug-likeness (QED) is 0.865. The molecule has 0 aromatic heterocycles. The van der Waals surface area contributed by atoms with Gasteiger partial charge >= 0.3 is 0 Å². The summed E-state index contributed by atoms with van der Waals surface area (Å²) in [6, 6.07) is 6.20. The Morgan fingerprint density at radius 3 is 2.76 bits per heavy atom. The maximum absolute atomic E-state index is 6.35. The summed E-state index contributed by atoms with van der Waals surface area (Å²) in [5, 5.41) is 0.676. The fraction of sp³-hybridized carbons (Fsp3) is 0.647. The number of benzene rings is 1. The summed E-state index contributed by atoms with van der Waals surface area (Å²) in [6.45, 7) is 2.10. The van der Waals surface area contributed by atoms with E-state index in [0.717, 1.165) is 44.3 Å². The van der Waals surface area contributed by atoms with Crippen LogP contribution in [0.5, 0.6) is 5.75 Å². The lowest BCUT2D eigenvalue weighted by atomic mass is 9.95. The number of rotatable bonds is 6. The highest BCUT2D eigenvalue weighted by Crippen LogP contribution is 2.31. The molecule has 4 heteroatoms. The Labute approximate surface area is 132 Å². The van der Waals surface area contributed by atoms with Crippen molar-refractivity contribution in [2.24, 2.45) is 5.73 Å². The van der Waals surface area contributed by atoms with Gasteiger partial charge in [0.2, 0.25) is 0 Å². The molecular formula is C17H26ClNO2. The van der Waals surface area contributed by atoms with Crippen LogP contribution in [0.3, 0.4) is 0 Å². The Morgan fingerprint density at radius 2 is 2.10 bits per heavy atom. The second kappa shape index (κ2) is 8.02. The van der Waals surface area contributed by atoms with Crippen molar-refractivity contribution in [3.63, 3.8) is 0 Å². The van der Waals surface area contributed by atoms with Crippen molar-refractivity contribution >= 4 is 11.6 Å². The molecule has 2 rings (SSSR count). The van der Waals surface area contributed by atoms with E-state index < -0.39 is 0 Å². The van der Waals surface area contributed by atoms with Crippen molar-refractivity contribution in [1.29, 1.82) is 0 Å². The molecule has 0 amide bonds. The molecule has 3 unspecified atom stereocenters. The van der Waals surface area contributed by atoms with Crippen LogP contribution in [-0.4, -0.2) is 25.4 Å². The van der Waals surface area contributed by atoms with Crippen LogP contribution in [0.1, 0.15) is 44.6 Å². The maximum Gasteiger partial charge on any atom is 0.138 e. The first-order chi connectivity index (χ1) is 10.1. The summed E-state index contributed by atoms with van der Waals surface area (Å²) in [6.07, 6.45) is 6.60. The van der Waals surface area contributed by atoms with Gasteiger partial charge < -0.3 is 15.2 Å². The van der Waals surface area contributed by atoms with Crippen LogP contribution in [0.2, 0.25) is 5.02 Å². The zero-order valence-electron chi connectivity index (χ0n) is 13.0. The van der Waals surface area contributed by atoms with Gasteiger partial charge in [-0.1, -0.05) is 24.6 Å². The van der Waals surface area contributed by atoms with Crippen LogP contribution in [0.25, 0.3) is 0 Å². The number of hydrogen-bond donors (Lipinski definition) is 1. The van der Waals surface area contributed by atoms with E-state index in [1.807, 2.05) is 12.1 Å². The molecule has 1 saturated carbocycles. The number of nitrogens with two attached hydrogens (primary N) is 1. The molecule has 0 saturated heterocycles. The average Bonchev–Trinajstić information content (AvgIpc) is 2.50. The van der Waals surface area contributed by atoms with Gasteiger partial charge in [0.1, 0.15) is 11.9 Å². The Balaban J connectivity index is 1.97. The van der Waals surface area contributed by atoms with Crippen molar-refractivity contribution in [3.05, 3.63) is 28.8 Å². The normalized spacial score (nSPS) is 23.8. The minimum absolute atomic E-state index is 0.189. The molecule has 1 fully saturated rings. The van der Waals surface area contributed by atoms with Crippen LogP contribution in [0.4, 0.5) is 0 Å². The maximum atomic E-state index is 6.35. The van der Waals surface area contributed by atoms with Crippen LogP contribution in [0, 0.1) is 0 Å². The lowest BCUT2D eigenvalue weighted by Gasteiger charge is -2.29. The molecule has 1 aliphatic rings. The largest absolute Gasteiger partial charge is 0.489 e. The van der Waals surface area contributed by atoms with E-state index in [0.29, 0.717) is 11.1 Å². The highest BCUT2D eigenvalue weighted by Gasteiger charge is 2.23. The molecular weight excluding hydrogens is 286 g/mol. The van der Waals surface area contributed by atoms with Crippen molar-refractivity contribution in [2.75, 3.05) is 7.11 Å². The number of methoxy groups -OCH3 is 1. The Bertz CT molecular complexity index is 452. The van der Waals surface area contributed by atoms with Gasteiger partial charge in [0.25, 0.3) is 0 Å². The molecule has 0 bridgehead atoms. The average molecular weight is 312 g/mol. The highest BCUT2D eigenvalue weighted by atomic mass is 35.5. The second-order valence-electron chi connectivity index (χ2n) is 5.90. The molecule has 3 nitrogen and oxygen atoms in total. The van der Waals surface area contributed by atoms with Gasteiger partial charge in [-0.15, -0.1) is 0 Å². The van der Waals surface area contributed by atoms with Crippen molar-refractivity contribution in [2.45, 2.75) is 63.7 Å². The molecule has 118 valence electrons. The van der Waals surface area contributed by atoms with Gasteiger partial charge in [-0.25, -0.2) is 0 Å². The zero-order valence-corrected chi connectivity index (χ0v) is 13.7. The first-order valence-corrected chi connectivity index (χ1v) is 8.23. The first-order valence-electron chi connectivity index (χ1n) is 7.85. The molecule has 0 spiro atoms. The van der Waals surface area contributed by atoms with E-state index in [2.05, 4.69) is 13.0 Å². The molecule has 1 aromatic rings. The third kappa shape index (κ3) is 4.87. The van der Waals surface area contributed by atoms with Gasteiger partial charge in [0.15, 0.2) is 0 Å². The van der Waals surface area contributed by atoms with E-state index in [9.17, 15) is 0 Å². The lowest BCUT2D eigenvalue weighted by Crippen LogP contribution is -2.29. The third-order valence-corrected chi connectivity index (χ3v) is 4.52. The molecule has 1 aromatic carbocycles. The monoisotopic (exact) mass is 311 g/mol. The summed E-state index contributed by atoms with van der Waals surface area (Å²) in [5.74, 6) is 0.771. The van der Waals surface area contributed by atoms with Gasteiger partial charge in [-0.05, 0) is 49.8 Å². The minimum Gasteiger partial charge on any atom is -0.489 e. The summed E-state index contributed by atoms with van der Waals surface area (Å²) >= 11 is 6.35. The molecule has 0 radical (unpaired) electrons. The fourth-order valence-corrected chi connectivity index (χ4v) is 3.06. The highest BCUT2D eigenvalue weighted by molar-refractivity contribution is 6.32. The molecule has 1 aliphatic carbocycles. The predicted octanol–water partition coefficient (Wildman–Crippen LogP) is 3.96. The Hall–Kier alpha value is -0.770. The van der Waals surface area contributed by atoms with Crippen molar-refractivity contribution in [1.82, 2.24) is 0 Å².